The number of carboxylic acids is 1. The fraction of sp³-hybridized carbons (Fsp3) is 0.846. The SMILES string of the molecule is CCC(C)N(CC(=O)O)C(=O)N1CCCC(OC)C1. The van der Waals surface area contributed by atoms with E-state index in [9.17, 15) is 9.59 Å². The van der Waals surface area contributed by atoms with Crippen molar-refractivity contribution >= 4 is 12.0 Å². The Kier molecular flexibility index (Phi) is 6.08. The maximum atomic E-state index is 12.4. The Morgan fingerprint density at radius 2 is 2.21 bits per heavy atom. The maximum Gasteiger partial charge on any atom is 0.323 e. The predicted molar refractivity (Wildman–Crippen MR) is 71.1 cm³/mol. The summed E-state index contributed by atoms with van der Waals surface area (Å²) in [5.41, 5.74) is 0. The van der Waals surface area contributed by atoms with Crippen molar-refractivity contribution in [1.82, 2.24) is 9.80 Å². The minimum Gasteiger partial charge on any atom is -0.480 e. The summed E-state index contributed by atoms with van der Waals surface area (Å²) in [6.07, 6.45) is 2.63. The van der Waals surface area contributed by atoms with E-state index in [1.807, 2.05) is 13.8 Å². The summed E-state index contributed by atoms with van der Waals surface area (Å²) in [6, 6.07) is -0.273. The molecule has 2 atom stereocenters. The number of carbonyl (C=O) groups excluding carboxylic acids is 1. The minimum atomic E-state index is -0.978. The van der Waals surface area contributed by atoms with Gasteiger partial charge in [-0.3, -0.25) is 4.79 Å². The lowest BCUT2D eigenvalue weighted by molar-refractivity contribution is -0.138. The Hall–Kier alpha value is -1.30. The number of hydrogen-bond donors (Lipinski definition) is 1. The number of urea groups is 1. The summed E-state index contributed by atoms with van der Waals surface area (Å²) in [4.78, 5) is 26.5. The molecule has 0 aromatic rings. The minimum absolute atomic E-state index is 0.0568. The molecule has 1 heterocycles. The van der Waals surface area contributed by atoms with Crippen molar-refractivity contribution in [2.45, 2.75) is 45.3 Å². The third-order valence-corrected chi connectivity index (χ3v) is 3.66. The van der Waals surface area contributed by atoms with E-state index in [1.165, 1.54) is 4.90 Å². The van der Waals surface area contributed by atoms with Gasteiger partial charge in [-0.1, -0.05) is 6.92 Å². The number of ether oxygens (including phenoxy) is 1. The molecule has 0 aromatic heterocycles. The number of hydrogen-bond acceptors (Lipinski definition) is 3. The molecule has 1 aliphatic heterocycles. The van der Waals surface area contributed by atoms with Crippen LogP contribution in [0.4, 0.5) is 4.79 Å². The highest BCUT2D eigenvalue weighted by molar-refractivity contribution is 5.80. The molecule has 0 spiro atoms. The van der Waals surface area contributed by atoms with Crippen molar-refractivity contribution < 1.29 is 19.4 Å². The summed E-state index contributed by atoms with van der Waals surface area (Å²) in [5.74, 6) is -0.978. The van der Waals surface area contributed by atoms with Crippen LogP contribution in [0.2, 0.25) is 0 Å². The molecule has 2 unspecified atom stereocenters. The second kappa shape index (κ2) is 7.33. The van der Waals surface area contributed by atoms with Gasteiger partial charge in [0, 0.05) is 26.2 Å². The highest BCUT2D eigenvalue weighted by Crippen LogP contribution is 2.16. The molecule has 1 rings (SSSR count). The number of methoxy groups -OCH3 is 1. The Morgan fingerprint density at radius 1 is 1.53 bits per heavy atom. The second-order valence-electron chi connectivity index (χ2n) is 5.01. The lowest BCUT2D eigenvalue weighted by Crippen LogP contribution is -2.53. The van der Waals surface area contributed by atoms with Crippen LogP contribution in [0.1, 0.15) is 33.1 Å². The molecule has 0 saturated carbocycles. The van der Waals surface area contributed by atoms with E-state index in [0.717, 1.165) is 19.3 Å². The molecule has 1 N–H and O–H groups in total. The van der Waals surface area contributed by atoms with Crippen LogP contribution in [0.3, 0.4) is 0 Å². The first-order valence-electron chi connectivity index (χ1n) is 6.79. The first-order valence-corrected chi connectivity index (χ1v) is 6.79. The predicted octanol–water partition coefficient (Wildman–Crippen LogP) is 1.40. The maximum absolute atomic E-state index is 12.4. The molecule has 0 bridgehead atoms. The molecule has 1 fully saturated rings. The molecule has 0 aromatic carbocycles. The molecule has 19 heavy (non-hydrogen) atoms. The van der Waals surface area contributed by atoms with Gasteiger partial charge in [0.25, 0.3) is 0 Å². The Bertz CT molecular complexity index is 322. The van der Waals surface area contributed by atoms with Gasteiger partial charge in [0.05, 0.1) is 6.10 Å². The number of nitrogens with zero attached hydrogens (tertiary/aromatic N) is 2. The van der Waals surface area contributed by atoms with Crippen molar-refractivity contribution in [3.05, 3.63) is 0 Å². The third-order valence-electron chi connectivity index (χ3n) is 3.66. The van der Waals surface area contributed by atoms with E-state index in [0.29, 0.717) is 13.1 Å². The van der Waals surface area contributed by atoms with Crippen molar-refractivity contribution in [2.24, 2.45) is 0 Å². The van der Waals surface area contributed by atoms with Crippen LogP contribution in [0.5, 0.6) is 0 Å². The number of likely N-dealkylation sites (tertiary alicyclic amines) is 1. The van der Waals surface area contributed by atoms with Crippen LogP contribution in [-0.2, 0) is 9.53 Å². The van der Waals surface area contributed by atoms with E-state index in [2.05, 4.69) is 0 Å². The summed E-state index contributed by atoms with van der Waals surface area (Å²) in [5, 5.41) is 8.94. The average molecular weight is 272 g/mol. The Balaban J connectivity index is 2.71. The van der Waals surface area contributed by atoms with Gasteiger partial charge < -0.3 is 19.6 Å². The smallest absolute Gasteiger partial charge is 0.323 e. The van der Waals surface area contributed by atoms with Crippen molar-refractivity contribution in [1.29, 1.82) is 0 Å². The average Bonchev–Trinajstić information content (AvgIpc) is 2.43. The van der Waals surface area contributed by atoms with Gasteiger partial charge in [-0.15, -0.1) is 0 Å². The van der Waals surface area contributed by atoms with Gasteiger partial charge in [-0.2, -0.15) is 0 Å². The number of amides is 2. The van der Waals surface area contributed by atoms with E-state index in [4.69, 9.17) is 9.84 Å². The molecule has 6 nitrogen and oxygen atoms in total. The van der Waals surface area contributed by atoms with Crippen LogP contribution < -0.4 is 0 Å². The van der Waals surface area contributed by atoms with E-state index in [1.54, 1.807) is 12.0 Å². The van der Waals surface area contributed by atoms with Crippen molar-refractivity contribution in [3.63, 3.8) is 0 Å². The number of aliphatic carboxylic acids is 1. The highest BCUT2D eigenvalue weighted by atomic mass is 16.5. The van der Waals surface area contributed by atoms with Gasteiger partial charge in [0.15, 0.2) is 0 Å². The first-order chi connectivity index (χ1) is 8.99. The fourth-order valence-electron chi connectivity index (χ4n) is 2.26. The van der Waals surface area contributed by atoms with E-state index in [-0.39, 0.29) is 24.7 Å². The zero-order chi connectivity index (χ0) is 14.4. The molecule has 2 amide bonds. The van der Waals surface area contributed by atoms with Gasteiger partial charge in [0.2, 0.25) is 0 Å². The van der Waals surface area contributed by atoms with Crippen LogP contribution in [0, 0.1) is 0 Å². The van der Waals surface area contributed by atoms with E-state index < -0.39 is 5.97 Å². The normalized spacial score (nSPS) is 21.0. The standard InChI is InChI=1S/C13H24N2O4/c1-4-10(2)15(9-12(16)17)13(18)14-7-5-6-11(8-14)19-3/h10-11H,4-9H2,1-3H3,(H,16,17). The van der Waals surface area contributed by atoms with E-state index >= 15 is 0 Å². The monoisotopic (exact) mass is 272 g/mol. The summed E-state index contributed by atoms with van der Waals surface area (Å²) >= 11 is 0. The van der Waals surface area contributed by atoms with Crippen LogP contribution in [0.25, 0.3) is 0 Å². The molecule has 1 aliphatic rings. The summed E-state index contributed by atoms with van der Waals surface area (Å²) in [7, 11) is 1.64. The van der Waals surface area contributed by atoms with Gasteiger partial charge in [-0.05, 0) is 26.2 Å². The van der Waals surface area contributed by atoms with Gasteiger partial charge in [0.1, 0.15) is 6.54 Å². The first kappa shape index (κ1) is 15.8. The lowest BCUT2D eigenvalue weighted by Gasteiger charge is -2.37. The summed E-state index contributed by atoms with van der Waals surface area (Å²) in [6.45, 7) is 4.79. The Morgan fingerprint density at radius 3 is 2.74 bits per heavy atom. The van der Waals surface area contributed by atoms with Crippen LogP contribution in [-0.4, -0.2) is 65.8 Å². The lowest BCUT2D eigenvalue weighted by atomic mass is 10.1. The molecule has 1 saturated heterocycles. The number of rotatable bonds is 5. The quantitative estimate of drug-likeness (QED) is 0.821. The largest absolute Gasteiger partial charge is 0.480 e. The molecule has 6 heteroatoms. The Labute approximate surface area is 114 Å². The molecular formula is C13H24N2O4. The topological polar surface area (TPSA) is 70.1 Å². The fourth-order valence-corrected chi connectivity index (χ4v) is 2.26. The molecule has 110 valence electrons. The van der Waals surface area contributed by atoms with Crippen molar-refractivity contribution in [2.75, 3.05) is 26.7 Å². The van der Waals surface area contributed by atoms with Crippen LogP contribution in [0.15, 0.2) is 0 Å². The summed E-state index contributed by atoms with van der Waals surface area (Å²) < 4.78 is 5.29. The van der Waals surface area contributed by atoms with Crippen molar-refractivity contribution in [3.8, 4) is 0 Å². The zero-order valence-electron chi connectivity index (χ0n) is 12.0. The number of carbonyl (C=O) groups is 2. The highest BCUT2D eigenvalue weighted by Gasteiger charge is 2.30. The van der Waals surface area contributed by atoms with Gasteiger partial charge in [-0.25, -0.2) is 4.79 Å². The number of carboxylic acid groups (broad SMARTS) is 1. The third kappa shape index (κ3) is 4.38. The number of piperidine rings is 1. The molecule has 0 aliphatic carbocycles. The zero-order valence-corrected chi connectivity index (χ0v) is 12.0. The molecular weight excluding hydrogens is 248 g/mol. The molecule has 0 radical (unpaired) electrons. The second-order valence-corrected chi connectivity index (χ2v) is 5.01. The van der Waals surface area contributed by atoms with Crippen LogP contribution >= 0.6 is 0 Å². The van der Waals surface area contributed by atoms with Gasteiger partial charge >= 0.3 is 12.0 Å².